The van der Waals surface area contributed by atoms with Gasteiger partial charge in [0.15, 0.2) is 0 Å². The van der Waals surface area contributed by atoms with Crippen LogP contribution >= 0.6 is 0 Å². The van der Waals surface area contributed by atoms with Crippen LogP contribution in [0.1, 0.15) is 29.4 Å². The van der Waals surface area contributed by atoms with Crippen LogP contribution in [0.25, 0.3) is 16.5 Å². The van der Waals surface area contributed by atoms with Crippen LogP contribution in [-0.4, -0.2) is 13.0 Å². The lowest BCUT2D eigenvalue weighted by Gasteiger charge is -2.13. The van der Waals surface area contributed by atoms with E-state index in [0.29, 0.717) is 11.3 Å². The van der Waals surface area contributed by atoms with Crippen molar-refractivity contribution in [3.63, 3.8) is 0 Å². The average Bonchev–Trinajstić information content (AvgIpc) is 2.93. The van der Waals surface area contributed by atoms with Crippen molar-refractivity contribution in [3.8, 4) is 5.75 Å². The highest BCUT2D eigenvalue weighted by molar-refractivity contribution is 6.05. The zero-order valence-electron chi connectivity index (χ0n) is 16.4. The van der Waals surface area contributed by atoms with Gasteiger partial charge >= 0.3 is 0 Å². The number of carbonyl (C=O) groups excluding carboxylic acids is 1. The molecule has 0 radical (unpaired) electrons. The van der Waals surface area contributed by atoms with E-state index < -0.39 is 17.5 Å². The smallest absolute Gasteiger partial charge is 0.248 e. The minimum Gasteiger partial charge on any atom is -0.496 e. The molecule has 146 valence electrons. The number of allylic oxidation sites excluding steroid dienone is 1. The van der Waals surface area contributed by atoms with E-state index in [1.54, 1.807) is 14.0 Å². The third-order valence-electron chi connectivity index (χ3n) is 4.81. The van der Waals surface area contributed by atoms with Gasteiger partial charge in [-0.3, -0.25) is 4.79 Å². The molecule has 1 amide bonds. The van der Waals surface area contributed by atoms with Crippen molar-refractivity contribution in [1.29, 1.82) is 0 Å². The average molecular weight is 385 g/mol. The third kappa shape index (κ3) is 3.50. The van der Waals surface area contributed by atoms with E-state index in [0.717, 1.165) is 51.6 Å². The SMILES string of the molecule is COc1c(/C(C)=C/C(=O)Nc2cc(F)ccc2F)cc2c(C)c(C)oc2c1C. The fraction of sp³-hybridized carbons (Fsp3) is 0.227. The second-order valence-corrected chi connectivity index (χ2v) is 6.68. The summed E-state index contributed by atoms with van der Waals surface area (Å²) in [5.74, 6) is -0.494. The van der Waals surface area contributed by atoms with Gasteiger partial charge in [0.1, 0.15) is 28.7 Å². The van der Waals surface area contributed by atoms with Crippen LogP contribution in [-0.2, 0) is 4.79 Å². The predicted molar refractivity (Wildman–Crippen MR) is 106 cm³/mol. The zero-order valence-corrected chi connectivity index (χ0v) is 16.4. The van der Waals surface area contributed by atoms with Crippen molar-refractivity contribution in [3.05, 3.63) is 64.4 Å². The molecular weight excluding hydrogens is 364 g/mol. The second-order valence-electron chi connectivity index (χ2n) is 6.68. The first-order valence-corrected chi connectivity index (χ1v) is 8.75. The van der Waals surface area contributed by atoms with Gasteiger partial charge < -0.3 is 14.5 Å². The first kappa shape index (κ1) is 19.6. The molecule has 0 atom stereocenters. The molecule has 0 aliphatic rings. The first-order valence-electron chi connectivity index (χ1n) is 8.75. The number of fused-ring (bicyclic) bond motifs is 1. The topological polar surface area (TPSA) is 51.5 Å². The Morgan fingerprint density at radius 3 is 2.54 bits per heavy atom. The van der Waals surface area contributed by atoms with Gasteiger partial charge in [-0.05, 0) is 57.0 Å². The van der Waals surface area contributed by atoms with Gasteiger partial charge in [0.2, 0.25) is 5.91 Å². The minimum atomic E-state index is -0.708. The Hall–Kier alpha value is -3.15. The molecule has 3 rings (SSSR count). The minimum absolute atomic E-state index is 0.214. The number of nitrogens with one attached hydrogen (secondary N) is 1. The molecule has 1 N–H and O–H groups in total. The monoisotopic (exact) mass is 385 g/mol. The van der Waals surface area contributed by atoms with Crippen molar-refractivity contribution in [2.45, 2.75) is 27.7 Å². The Kier molecular flexibility index (Phi) is 5.23. The van der Waals surface area contributed by atoms with E-state index in [1.165, 1.54) is 6.08 Å². The highest BCUT2D eigenvalue weighted by Gasteiger charge is 2.18. The molecule has 4 nitrogen and oxygen atoms in total. The number of aryl methyl sites for hydroxylation is 3. The molecule has 6 heteroatoms. The van der Waals surface area contributed by atoms with Crippen LogP contribution in [0.15, 0.2) is 34.8 Å². The summed E-state index contributed by atoms with van der Waals surface area (Å²) < 4.78 is 38.4. The van der Waals surface area contributed by atoms with Crippen molar-refractivity contribution in [2.24, 2.45) is 0 Å². The number of methoxy groups -OCH3 is 1. The molecule has 2 aromatic carbocycles. The molecule has 28 heavy (non-hydrogen) atoms. The Morgan fingerprint density at radius 1 is 1.14 bits per heavy atom. The molecule has 1 heterocycles. The van der Waals surface area contributed by atoms with Crippen molar-refractivity contribution < 1.29 is 22.7 Å². The lowest BCUT2D eigenvalue weighted by molar-refractivity contribution is -0.111. The zero-order chi connectivity index (χ0) is 20.6. The molecule has 0 aliphatic carbocycles. The standard InChI is InChI=1S/C22H21F2NO3/c1-11(8-20(26)25-19-9-15(23)6-7-18(19)24)16-10-17-12(2)14(4)28-22(17)13(3)21(16)27-5/h6-10H,1-5H3,(H,25,26)/b11-8+. The Balaban J connectivity index is 2.02. The summed E-state index contributed by atoms with van der Waals surface area (Å²) in [6, 6.07) is 4.80. The quantitative estimate of drug-likeness (QED) is 0.587. The molecule has 0 saturated heterocycles. The second kappa shape index (κ2) is 7.46. The number of carbonyl (C=O) groups is 1. The van der Waals surface area contributed by atoms with Crippen LogP contribution in [0.3, 0.4) is 0 Å². The number of hydrogen-bond donors (Lipinski definition) is 1. The van der Waals surface area contributed by atoms with Crippen LogP contribution < -0.4 is 10.1 Å². The Labute approximate surface area is 161 Å². The molecule has 1 aromatic heterocycles. The predicted octanol–water partition coefficient (Wildman–Crippen LogP) is 5.69. The van der Waals surface area contributed by atoms with Crippen molar-refractivity contribution >= 4 is 28.1 Å². The van der Waals surface area contributed by atoms with Crippen molar-refractivity contribution in [1.82, 2.24) is 0 Å². The van der Waals surface area contributed by atoms with E-state index in [4.69, 9.17) is 9.15 Å². The van der Waals surface area contributed by atoms with Crippen LogP contribution in [0.2, 0.25) is 0 Å². The lowest BCUT2D eigenvalue weighted by atomic mass is 9.98. The molecule has 0 spiro atoms. The fourth-order valence-corrected chi connectivity index (χ4v) is 3.20. The maximum absolute atomic E-state index is 13.8. The van der Waals surface area contributed by atoms with Gasteiger partial charge in [-0.2, -0.15) is 0 Å². The van der Waals surface area contributed by atoms with Crippen LogP contribution in [0.5, 0.6) is 5.75 Å². The molecule has 0 bridgehead atoms. The third-order valence-corrected chi connectivity index (χ3v) is 4.81. The number of rotatable bonds is 4. The summed E-state index contributed by atoms with van der Waals surface area (Å²) in [4.78, 5) is 12.3. The molecule has 0 fully saturated rings. The molecule has 0 unspecified atom stereocenters. The van der Waals surface area contributed by atoms with Crippen LogP contribution in [0.4, 0.5) is 14.5 Å². The largest absolute Gasteiger partial charge is 0.496 e. The summed E-state index contributed by atoms with van der Waals surface area (Å²) in [6.45, 7) is 7.51. The van der Waals surface area contributed by atoms with Crippen LogP contribution in [0, 0.1) is 32.4 Å². The number of amides is 1. The first-order chi connectivity index (χ1) is 13.2. The summed E-state index contributed by atoms with van der Waals surface area (Å²) in [5.41, 5.74) is 3.72. The number of hydrogen-bond acceptors (Lipinski definition) is 3. The van der Waals surface area contributed by atoms with E-state index in [-0.39, 0.29) is 5.69 Å². The lowest BCUT2D eigenvalue weighted by Crippen LogP contribution is -2.10. The van der Waals surface area contributed by atoms with E-state index in [2.05, 4.69) is 5.32 Å². The molecule has 0 aliphatic heterocycles. The maximum atomic E-state index is 13.8. The summed E-state index contributed by atoms with van der Waals surface area (Å²) >= 11 is 0. The van der Waals surface area contributed by atoms with Gasteiger partial charge in [0.25, 0.3) is 0 Å². The van der Waals surface area contributed by atoms with Gasteiger partial charge in [-0.25, -0.2) is 8.78 Å². The van der Waals surface area contributed by atoms with Gasteiger partial charge in [-0.1, -0.05) is 0 Å². The number of benzene rings is 2. The summed E-state index contributed by atoms with van der Waals surface area (Å²) in [7, 11) is 1.55. The maximum Gasteiger partial charge on any atom is 0.248 e. The molecular formula is C22H21F2NO3. The summed E-state index contributed by atoms with van der Waals surface area (Å²) in [6.07, 6.45) is 1.33. The van der Waals surface area contributed by atoms with E-state index >= 15 is 0 Å². The van der Waals surface area contributed by atoms with Gasteiger partial charge in [0.05, 0.1) is 12.8 Å². The van der Waals surface area contributed by atoms with Gasteiger partial charge in [-0.15, -0.1) is 0 Å². The Morgan fingerprint density at radius 2 is 1.86 bits per heavy atom. The van der Waals surface area contributed by atoms with E-state index in [1.807, 2.05) is 26.8 Å². The molecule has 3 aromatic rings. The summed E-state index contributed by atoms with van der Waals surface area (Å²) in [5, 5.41) is 3.31. The fourth-order valence-electron chi connectivity index (χ4n) is 3.20. The Bertz CT molecular complexity index is 1110. The van der Waals surface area contributed by atoms with Gasteiger partial charge in [0, 0.05) is 28.7 Å². The molecule has 0 saturated carbocycles. The number of halogens is 2. The number of furan rings is 1. The van der Waals surface area contributed by atoms with E-state index in [9.17, 15) is 13.6 Å². The number of anilines is 1. The highest BCUT2D eigenvalue weighted by Crippen LogP contribution is 2.38. The normalized spacial score (nSPS) is 11.8. The highest BCUT2D eigenvalue weighted by atomic mass is 19.1. The number of ether oxygens (including phenoxy) is 1. The van der Waals surface area contributed by atoms with Crippen molar-refractivity contribution in [2.75, 3.05) is 12.4 Å².